The SMILES string of the molecule is CC(/C=C/C1=C(C(=O)N(C)C)CCCC1(C)C)=C\C=C\C(C)=C\c1cc(=O)[nH][nH]1. The summed E-state index contributed by atoms with van der Waals surface area (Å²) in [6.45, 7) is 8.46. The zero-order valence-electron chi connectivity index (χ0n) is 18.4. The summed E-state index contributed by atoms with van der Waals surface area (Å²) in [7, 11) is 3.63. The normalized spacial score (nSPS) is 18.1. The monoisotopic (exact) mass is 395 g/mol. The number of aromatic amines is 2. The van der Waals surface area contributed by atoms with Crippen molar-refractivity contribution in [2.45, 2.75) is 47.0 Å². The van der Waals surface area contributed by atoms with Crippen molar-refractivity contribution < 1.29 is 4.79 Å². The van der Waals surface area contributed by atoms with Crippen LogP contribution in [0.2, 0.25) is 0 Å². The van der Waals surface area contributed by atoms with E-state index in [0.717, 1.165) is 47.2 Å². The summed E-state index contributed by atoms with van der Waals surface area (Å²) in [4.78, 5) is 25.4. The minimum atomic E-state index is -0.138. The maximum atomic E-state index is 12.6. The van der Waals surface area contributed by atoms with E-state index in [1.54, 1.807) is 4.90 Å². The maximum absolute atomic E-state index is 12.6. The molecular weight excluding hydrogens is 362 g/mol. The van der Waals surface area contributed by atoms with Crippen molar-refractivity contribution in [3.8, 4) is 0 Å². The average molecular weight is 396 g/mol. The molecule has 29 heavy (non-hydrogen) atoms. The Bertz CT molecular complexity index is 947. The third-order valence-corrected chi connectivity index (χ3v) is 5.18. The third kappa shape index (κ3) is 6.34. The number of allylic oxidation sites excluding steroid dienone is 8. The second kappa shape index (κ2) is 9.59. The number of carbonyl (C=O) groups is 1. The number of H-pyrrole nitrogens is 2. The first kappa shape index (κ1) is 22.5. The molecule has 1 aliphatic rings. The molecule has 0 unspecified atom stereocenters. The van der Waals surface area contributed by atoms with Gasteiger partial charge < -0.3 is 4.90 Å². The lowest BCUT2D eigenvalue weighted by atomic mass is 9.72. The van der Waals surface area contributed by atoms with E-state index in [0.29, 0.717) is 0 Å². The van der Waals surface area contributed by atoms with Crippen LogP contribution in [0.3, 0.4) is 0 Å². The molecule has 0 bridgehead atoms. The molecule has 0 saturated heterocycles. The van der Waals surface area contributed by atoms with Gasteiger partial charge in [0, 0.05) is 25.7 Å². The molecule has 1 aromatic heterocycles. The lowest BCUT2D eigenvalue weighted by Gasteiger charge is -2.34. The Morgan fingerprint density at radius 1 is 1.14 bits per heavy atom. The Kier molecular flexibility index (Phi) is 7.43. The molecule has 0 saturated carbocycles. The molecule has 2 N–H and O–H groups in total. The molecule has 0 spiro atoms. The number of rotatable bonds is 6. The van der Waals surface area contributed by atoms with Gasteiger partial charge in [-0.05, 0) is 55.7 Å². The molecule has 1 heterocycles. The van der Waals surface area contributed by atoms with Gasteiger partial charge in [-0.3, -0.25) is 19.8 Å². The second-order valence-electron chi connectivity index (χ2n) is 8.53. The highest BCUT2D eigenvalue weighted by Crippen LogP contribution is 2.41. The number of carbonyl (C=O) groups excluding carboxylic acids is 1. The molecule has 1 amide bonds. The number of nitrogens with zero attached hydrogens (tertiary/aromatic N) is 1. The molecule has 0 aliphatic heterocycles. The first-order valence-electron chi connectivity index (χ1n) is 10.0. The Labute approximate surface area is 173 Å². The van der Waals surface area contributed by atoms with E-state index in [4.69, 9.17) is 0 Å². The first-order chi connectivity index (χ1) is 13.6. The number of hydrogen-bond donors (Lipinski definition) is 2. The summed E-state index contributed by atoms with van der Waals surface area (Å²) in [6.07, 6.45) is 15.1. The fraction of sp³-hybridized carbons (Fsp3) is 0.417. The average Bonchev–Trinajstić information content (AvgIpc) is 3.03. The predicted molar refractivity (Wildman–Crippen MR) is 120 cm³/mol. The lowest BCUT2D eigenvalue weighted by molar-refractivity contribution is -0.125. The van der Waals surface area contributed by atoms with Crippen molar-refractivity contribution in [1.82, 2.24) is 15.1 Å². The maximum Gasteiger partial charge on any atom is 0.264 e. The van der Waals surface area contributed by atoms with Gasteiger partial charge in [0.2, 0.25) is 5.91 Å². The number of nitrogens with one attached hydrogen (secondary N) is 2. The van der Waals surface area contributed by atoms with Crippen molar-refractivity contribution in [2.24, 2.45) is 5.41 Å². The van der Waals surface area contributed by atoms with E-state index in [1.807, 2.05) is 52.2 Å². The molecule has 0 fully saturated rings. The first-order valence-corrected chi connectivity index (χ1v) is 10.0. The van der Waals surface area contributed by atoms with Crippen LogP contribution in [0, 0.1) is 5.41 Å². The Hall–Kier alpha value is -2.82. The van der Waals surface area contributed by atoms with Gasteiger partial charge >= 0.3 is 0 Å². The number of hydrogen-bond acceptors (Lipinski definition) is 2. The standard InChI is InChI=1S/C24H33N3O2/c1-17(9-7-10-18(2)15-19-16-22(28)26-25-19)12-13-21-20(23(29)27(5)6)11-8-14-24(21,3)4/h7,9-10,12-13,15-16H,8,11,14H2,1-6H3,(H2,25,26,28)/b10-7+,13-12+,17-9+,18-15+. The van der Waals surface area contributed by atoms with Crippen LogP contribution in [0.4, 0.5) is 0 Å². The Balaban J connectivity index is 2.18. The number of likely N-dealkylation sites (N-methyl/N-ethyl adjacent to an activating group) is 1. The van der Waals surface area contributed by atoms with Crippen molar-refractivity contribution in [3.05, 3.63) is 74.8 Å². The fourth-order valence-corrected chi connectivity index (χ4v) is 3.54. The zero-order valence-corrected chi connectivity index (χ0v) is 18.4. The van der Waals surface area contributed by atoms with Gasteiger partial charge in [-0.25, -0.2) is 0 Å². The Morgan fingerprint density at radius 3 is 2.48 bits per heavy atom. The van der Waals surface area contributed by atoms with Gasteiger partial charge in [-0.2, -0.15) is 0 Å². The van der Waals surface area contributed by atoms with Gasteiger partial charge in [-0.1, -0.05) is 49.8 Å². The summed E-state index contributed by atoms with van der Waals surface area (Å²) >= 11 is 0. The van der Waals surface area contributed by atoms with Crippen molar-refractivity contribution in [1.29, 1.82) is 0 Å². The lowest BCUT2D eigenvalue weighted by Crippen LogP contribution is -2.30. The van der Waals surface area contributed by atoms with Crippen LogP contribution in [0.15, 0.2) is 63.5 Å². The topological polar surface area (TPSA) is 69.0 Å². The van der Waals surface area contributed by atoms with Crippen LogP contribution < -0.4 is 5.56 Å². The molecule has 0 aromatic carbocycles. The van der Waals surface area contributed by atoms with E-state index in [9.17, 15) is 9.59 Å². The molecule has 156 valence electrons. The van der Waals surface area contributed by atoms with Crippen LogP contribution in [-0.4, -0.2) is 35.1 Å². The highest BCUT2D eigenvalue weighted by Gasteiger charge is 2.31. The molecule has 1 aromatic rings. The van der Waals surface area contributed by atoms with Gasteiger partial charge in [0.05, 0.1) is 5.69 Å². The third-order valence-electron chi connectivity index (χ3n) is 5.18. The summed E-state index contributed by atoms with van der Waals surface area (Å²) in [5, 5.41) is 5.33. The fourth-order valence-electron chi connectivity index (χ4n) is 3.54. The molecule has 1 aliphatic carbocycles. The van der Waals surface area contributed by atoms with E-state index < -0.39 is 0 Å². The van der Waals surface area contributed by atoms with Crippen molar-refractivity contribution >= 4 is 12.0 Å². The highest BCUT2D eigenvalue weighted by atomic mass is 16.2. The predicted octanol–water partition coefficient (Wildman–Crippen LogP) is 4.76. The molecule has 5 heteroatoms. The summed E-state index contributed by atoms with van der Waals surface area (Å²) in [6, 6.07) is 1.52. The second-order valence-corrected chi connectivity index (χ2v) is 8.53. The van der Waals surface area contributed by atoms with Crippen molar-refractivity contribution in [3.63, 3.8) is 0 Å². The van der Waals surface area contributed by atoms with Crippen LogP contribution in [0.25, 0.3) is 6.08 Å². The van der Waals surface area contributed by atoms with Crippen LogP contribution in [0.1, 0.15) is 52.7 Å². The number of amides is 1. The summed E-state index contributed by atoms with van der Waals surface area (Å²) in [5.41, 5.74) is 4.83. The molecular formula is C24H33N3O2. The highest BCUT2D eigenvalue weighted by molar-refractivity contribution is 5.94. The molecule has 0 radical (unpaired) electrons. The van der Waals surface area contributed by atoms with Crippen LogP contribution >= 0.6 is 0 Å². The Morgan fingerprint density at radius 2 is 1.86 bits per heavy atom. The van der Waals surface area contributed by atoms with E-state index in [2.05, 4.69) is 36.2 Å². The van der Waals surface area contributed by atoms with E-state index in [1.165, 1.54) is 6.07 Å². The quantitative estimate of drug-likeness (QED) is 0.682. The number of aromatic nitrogens is 2. The van der Waals surface area contributed by atoms with Gasteiger partial charge in [0.25, 0.3) is 5.56 Å². The van der Waals surface area contributed by atoms with Crippen molar-refractivity contribution in [2.75, 3.05) is 14.1 Å². The van der Waals surface area contributed by atoms with Gasteiger partial charge in [0.15, 0.2) is 0 Å². The molecule has 0 atom stereocenters. The summed E-state index contributed by atoms with van der Waals surface area (Å²) in [5.74, 6) is 0.113. The van der Waals surface area contributed by atoms with E-state index >= 15 is 0 Å². The van der Waals surface area contributed by atoms with E-state index in [-0.39, 0.29) is 16.9 Å². The zero-order chi connectivity index (χ0) is 21.6. The summed E-state index contributed by atoms with van der Waals surface area (Å²) < 4.78 is 0. The minimum absolute atomic E-state index is 0.00132. The smallest absolute Gasteiger partial charge is 0.264 e. The van der Waals surface area contributed by atoms with Gasteiger partial charge in [-0.15, -0.1) is 0 Å². The van der Waals surface area contributed by atoms with Crippen LogP contribution in [0.5, 0.6) is 0 Å². The van der Waals surface area contributed by atoms with Crippen LogP contribution in [-0.2, 0) is 4.79 Å². The molecule has 2 rings (SSSR count). The molecule has 5 nitrogen and oxygen atoms in total. The van der Waals surface area contributed by atoms with Gasteiger partial charge in [0.1, 0.15) is 0 Å². The minimum Gasteiger partial charge on any atom is -0.345 e. The largest absolute Gasteiger partial charge is 0.345 e.